The van der Waals surface area contributed by atoms with Gasteiger partial charge in [-0.3, -0.25) is 9.59 Å². The van der Waals surface area contributed by atoms with E-state index in [1.165, 1.54) is 11.0 Å². The van der Waals surface area contributed by atoms with Gasteiger partial charge in [0.05, 0.1) is 28.8 Å². The van der Waals surface area contributed by atoms with Crippen LogP contribution < -0.4 is 10.1 Å². The van der Waals surface area contributed by atoms with Crippen LogP contribution in [0.3, 0.4) is 0 Å². The summed E-state index contributed by atoms with van der Waals surface area (Å²) in [5.41, 5.74) is 4.72. The number of aliphatic hydroxyl groups is 1. The molecule has 2 N–H and O–H groups in total. The number of carbonyl (C=O) groups is 2. The highest BCUT2D eigenvalue weighted by atomic mass is 32.1. The molecular weight excluding hydrogens is 566 g/mol. The van der Waals surface area contributed by atoms with Crippen molar-refractivity contribution in [1.82, 2.24) is 20.4 Å². The molecule has 3 heterocycles. The lowest BCUT2D eigenvalue weighted by atomic mass is 9.91. The third kappa shape index (κ3) is 7.71. The molecule has 0 aliphatic carbocycles. The fraction of sp³-hybridized carbons (Fsp3) is 0.533. The number of nitrogens with one attached hydrogen (secondary N) is 1. The Balaban J connectivity index is 1.38. The molecule has 12 heteroatoms. The average Bonchev–Trinajstić information content (AvgIpc) is 3.67. The van der Waals surface area contributed by atoms with Gasteiger partial charge in [-0.05, 0) is 29.1 Å². The molecule has 0 spiro atoms. The number of rotatable bonds is 13. The number of aromatic nitrogens is 2. The van der Waals surface area contributed by atoms with Gasteiger partial charge in [0.25, 0.3) is 11.8 Å². The van der Waals surface area contributed by atoms with Gasteiger partial charge >= 0.3 is 0 Å². The Morgan fingerprint density at radius 1 is 1.26 bits per heavy atom. The SMILES string of the molecule is CCCC(F)(F)CCOc1cc(C(C(=O)N2C[C@H](O)C[C@H]2C(=O)NCc2ccc(-c3scnc3C)cc2)C(C)C)on1. The Morgan fingerprint density at radius 2 is 2.00 bits per heavy atom. The van der Waals surface area contributed by atoms with Gasteiger partial charge in [0.2, 0.25) is 11.8 Å². The van der Waals surface area contributed by atoms with Crippen molar-refractivity contribution in [3.05, 3.63) is 52.9 Å². The monoisotopic (exact) mass is 604 g/mol. The van der Waals surface area contributed by atoms with Crippen LogP contribution in [0, 0.1) is 12.8 Å². The first kappa shape index (κ1) is 31.6. The second-order valence-electron chi connectivity index (χ2n) is 11.1. The van der Waals surface area contributed by atoms with Crippen LogP contribution in [0.1, 0.15) is 69.4 Å². The van der Waals surface area contributed by atoms with Gasteiger partial charge in [-0.25, -0.2) is 13.8 Å². The zero-order valence-corrected chi connectivity index (χ0v) is 25.1. The molecule has 0 radical (unpaired) electrons. The van der Waals surface area contributed by atoms with Crippen LogP contribution in [0.2, 0.25) is 0 Å². The van der Waals surface area contributed by atoms with E-state index < -0.39 is 30.4 Å². The molecule has 1 aromatic carbocycles. The number of carbonyl (C=O) groups excluding carboxylic acids is 2. The number of hydrogen-bond donors (Lipinski definition) is 2. The molecule has 3 aromatic rings. The molecule has 228 valence electrons. The summed E-state index contributed by atoms with van der Waals surface area (Å²) < 4.78 is 38.3. The van der Waals surface area contributed by atoms with E-state index in [4.69, 9.17) is 9.26 Å². The number of aryl methyl sites for hydroxylation is 1. The van der Waals surface area contributed by atoms with Gasteiger partial charge in [-0.15, -0.1) is 11.3 Å². The predicted octanol–water partition coefficient (Wildman–Crippen LogP) is 5.33. The summed E-state index contributed by atoms with van der Waals surface area (Å²) in [5, 5.41) is 17.1. The number of β-amino-alcohol motifs (C(OH)–C–C–N with tert-alkyl or cyclic N) is 1. The maximum absolute atomic E-state index is 13.8. The fourth-order valence-electron chi connectivity index (χ4n) is 5.16. The molecule has 1 saturated heterocycles. The predicted molar refractivity (Wildman–Crippen MR) is 154 cm³/mol. The Labute approximate surface area is 248 Å². The van der Waals surface area contributed by atoms with E-state index in [9.17, 15) is 23.5 Å². The maximum atomic E-state index is 13.8. The van der Waals surface area contributed by atoms with Gasteiger partial charge in [-0.1, -0.05) is 51.5 Å². The zero-order valence-electron chi connectivity index (χ0n) is 24.3. The zero-order chi connectivity index (χ0) is 30.4. The number of ether oxygens (including phenoxy) is 1. The van der Waals surface area contributed by atoms with Crippen molar-refractivity contribution in [3.8, 4) is 16.3 Å². The molecule has 1 unspecified atom stereocenters. The summed E-state index contributed by atoms with van der Waals surface area (Å²) in [5.74, 6) is -4.39. The van der Waals surface area contributed by atoms with E-state index in [0.717, 1.165) is 21.7 Å². The first-order valence-corrected chi connectivity index (χ1v) is 15.1. The quantitative estimate of drug-likeness (QED) is 0.271. The van der Waals surface area contributed by atoms with E-state index in [1.807, 2.05) is 45.0 Å². The summed E-state index contributed by atoms with van der Waals surface area (Å²) >= 11 is 1.57. The fourth-order valence-corrected chi connectivity index (χ4v) is 5.97. The lowest BCUT2D eigenvalue weighted by Crippen LogP contribution is -2.48. The van der Waals surface area contributed by atoms with Crippen molar-refractivity contribution >= 4 is 23.2 Å². The van der Waals surface area contributed by atoms with Gasteiger partial charge in [0.1, 0.15) is 12.0 Å². The number of halogens is 2. The van der Waals surface area contributed by atoms with Crippen LogP contribution in [0.15, 0.2) is 40.4 Å². The number of hydrogen-bond acceptors (Lipinski definition) is 8. The first-order valence-electron chi connectivity index (χ1n) is 14.2. The van der Waals surface area contributed by atoms with Crippen molar-refractivity contribution in [1.29, 1.82) is 0 Å². The summed E-state index contributed by atoms with van der Waals surface area (Å²) in [4.78, 5) is 33.7. The van der Waals surface area contributed by atoms with Crippen LogP contribution in [-0.2, 0) is 16.1 Å². The largest absolute Gasteiger partial charge is 0.475 e. The van der Waals surface area contributed by atoms with Crippen LogP contribution >= 0.6 is 11.3 Å². The normalized spacial score (nSPS) is 18.0. The summed E-state index contributed by atoms with van der Waals surface area (Å²) in [6, 6.07) is 8.41. The summed E-state index contributed by atoms with van der Waals surface area (Å²) in [6.45, 7) is 7.34. The van der Waals surface area contributed by atoms with Crippen molar-refractivity contribution in [2.24, 2.45) is 5.92 Å². The van der Waals surface area contributed by atoms with E-state index >= 15 is 0 Å². The van der Waals surface area contributed by atoms with Gasteiger partial charge in [0, 0.05) is 38.4 Å². The van der Waals surface area contributed by atoms with E-state index in [2.05, 4.69) is 15.5 Å². The highest BCUT2D eigenvalue weighted by Gasteiger charge is 2.43. The van der Waals surface area contributed by atoms with E-state index in [0.29, 0.717) is 6.42 Å². The van der Waals surface area contributed by atoms with Gasteiger partial charge in [-0.2, -0.15) is 0 Å². The Bertz CT molecular complexity index is 1340. The van der Waals surface area contributed by atoms with Crippen molar-refractivity contribution < 1.29 is 32.7 Å². The van der Waals surface area contributed by atoms with Crippen LogP contribution in [0.4, 0.5) is 8.78 Å². The number of thiazole rings is 1. The Morgan fingerprint density at radius 3 is 2.64 bits per heavy atom. The Kier molecular flexibility index (Phi) is 10.3. The molecule has 42 heavy (non-hydrogen) atoms. The lowest BCUT2D eigenvalue weighted by Gasteiger charge is -2.28. The molecule has 1 aliphatic heterocycles. The maximum Gasteiger partial charge on any atom is 0.254 e. The van der Waals surface area contributed by atoms with E-state index in [1.54, 1.807) is 23.8 Å². The minimum atomic E-state index is -2.83. The average molecular weight is 605 g/mol. The van der Waals surface area contributed by atoms with Crippen molar-refractivity contribution in [3.63, 3.8) is 0 Å². The molecular formula is C30H38F2N4O5S. The number of likely N-dealkylation sites (tertiary alicyclic amines) is 1. The molecule has 3 atom stereocenters. The number of benzene rings is 1. The Hall–Kier alpha value is -3.38. The lowest BCUT2D eigenvalue weighted by molar-refractivity contribution is -0.141. The third-order valence-corrected chi connectivity index (χ3v) is 8.35. The number of aliphatic hydroxyl groups excluding tert-OH is 1. The molecule has 4 rings (SSSR count). The highest BCUT2D eigenvalue weighted by molar-refractivity contribution is 7.13. The third-order valence-electron chi connectivity index (χ3n) is 7.37. The molecule has 2 amide bonds. The second kappa shape index (κ2) is 13.7. The first-order chi connectivity index (χ1) is 20.0. The number of nitrogens with zero attached hydrogens (tertiary/aromatic N) is 3. The molecule has 2 aromatic heterocycles. The van der Waals surface area contributed by atoms with Gasteiger partial charge < -0.3 is 24.6 Å². The smallest absolute Gasteiger partial charge is 0.254 e. The van der Waals surface area contributed by atoms with Gasteiger partial charge in [0.15, 0.2) is 5.76 Å². The van der Waals surface area contributed by atoms with Crippen LogP contribution in [-0.4, -0.2) is 63.2 Å². The summed E-state index contributed by atoms with van der Waals surface area (Å²) in [7, 11) is 0. The standard InChI is InChI=1S/C30H38F2N4O5S/c1-5-10-30(31,32)11-12-40-25-14-24(41-35-25)26(18(2)3)29(39)36-16-22(37)13-23(36)28(38)33-15-20-6-8-21(9-7-20)27-19(4)34-17-42-27/h6-9,14,17-18,22-23,26,37H,5,10-13,15-16H2,1-4H3,(H,33,38)/t22-,23+,26?/m1/s1. The number of amides is 2. The molecule has 0 bridgehead atoms. The van der Waals surface area contributed by atoms with Crippen molar-refractivity contribution in [2.75, 3.05) is 13.2 Å². The topological polar surface area (TPSA) is 118 Å². The molecule has 0 saturated carbocycles. The minimum absolute atomic E-state index is 0.00699. The number of alkyl halides is 2. The molecule has 1 aliphatic rings. The van der Waals surface area contributed by atoms with Crippen LogP contribution in [0.25, 0.3) is 10.4 Å². The minimum Gasteiger partial charge on any atom is -0.475 e. The molecule has 9 nitrogen and oxygen atoms in total. The van der Waals surface area contributed by atoms with E-state index in [-0.39, 0.29) is 61.9 Å². The van der Waals surface area contributed by atoms with Crippen LogP contribution in [0.5, 0.6) is 5.88 Å². The second-order valence-corrected chi connectivity index (χ2v) is 11.9. The summed E-state index contributed by atoms with van der Waals surface area (Å²) in [6.07, 6.45) is -1.04. The molecule has 1 fully saturated rings. The van der Waals surface area contributed by atoms with Crippen molar-refractivity contribution in [2.45, 2.75) is 83.9 Å². The highest BCUT2D eigenvalue weighted by Crippen LogP contribution is 2.33.